The normalized spacial score (nSPS) is 15.4. The molecule has 0 bridgehead atoms. The first-order valence-corrected chi connectivity index (χ1v) is 9.01. The van der Waals surface area contributed by atoms with Crippen molar-refractivity contribution in [2.45, 2.75) is 30.3 Å². The first-order chi connectivity index (χ1) is 9.54. The minimum absolute atomic E-state index is 0.0558. The third-order valence-electron chi connectivity index (χ3n) is 2.72. The van der Waals surface area contributed by atoms with Crippen LogP contribution in [0.4, 0.5) is 5.13 Å². The summed E-state index contributed by atoms with van der Waals surface area (Å²) >= 11 is 4.24. The van der Waals surface area contributed by atoms with Gasteiger partial charge in [0.25, 0.3) is 10.0 Å². The molecule has 0 saturated heterocycles. The second kappa shape index (κ2) is 5.43. The Bertz CT molecular complexity index is 694. The lowest BCUT2D eigenvalue weighted by atomic mass is 10.4. The summed E-state index contributed by atoms with van der Waals surface area (Å²) in [6.07, 6.45) is 2.32. The van der Waals surface area contributed by atoms with Gasteiger partial charge in [-0.2, -0.15) is 0 Å². The average molecular weight is 379 g/mol. The summed E-state index contributed by atoms with van der Waals surface area (Å²) in [6.45, 7) is 0.512. The van der Waals surface area contributed by atoms with E-state index in [1.165, 1.54) is 11.6 Å². The van der Waals surface area contributed by atoms with Crippen molar-refractivity contribution in [1.82, 2.24) is 15.5 Å². The number of nitrogens with zero attached hydrogens (tertiary/aromatic N) is 2. The first-order valence-electron chi connectivity index (χ1n) is 5.85. The molecule has 2 N–H and O–H groups in total. The number of nitrogens with one attached hydrogen (secondary N) is 2. The third kappa shape index (κ3) is 3.19. The number of aromatic nitrogens is 2. The molecular weight excluding hydrogens is 368 g/mol. The maximum absolute atomic E-state index is 12.2. The third-order valence-corrected chi connectivity index (χ3v) is 5.65. The molecule has 0 aromatic carbocycles. The molecule has 0 amide bonds. The van der Waals surface area contributed by atoms with Gasteiger partial charge >= 0.3 is 0 Å². The van der Waals surface area contributed by atoms with E-state index in [-0.39, 0.29) is 14.7 Å². The van der Waals surface area contributed by atoms with Crippen molar-refractivity contribution in [2.75, 3.05) is 4.72 Å². The molecule has 1 saturated carbocycles. The van der Waals surface area contributed by atoms with Crippen molar-refractivity contribution in [3.8, 4) is 0 Å². The molecule has 1 aliphatic rings. The van der Waals surface area contributed by atoms with Crippen molar-refractivity contribution < 1.29 is 12.8 Å². The summed E-state index contributed by atoms with van der Waals surface area (Å²) in [5, 5.41) is 10.7. The predicted molar refractivity (Wildman–Crippen MR) is 77.0 cm³/mol. The number of rotatable bonds is 6. The summed E-state index contributed by atoms with van der Waals surface area (Å²) in [4.78, 5) is 0.0558. The van der Waals surface area contributed by atoms with Gasteiger partial charge in [0, 0.05) is 12.1 Å². The van der Waals surface area contributed by atoms with Crippen LogP contribution in [0.3, 0.4) is 0 Å². The largest absolute Gasteiger partial charge is 0.451 e. The Labute approximate surface area is 128 Å². The highest BCUT2D eigenvalue weighted by Gasteiger charge is 2.25. The molecule has 0 spiro atoms. The highest BCUT2D eigenvalue weighted by atomic mass is 79.9. The molecule has 0 aliphatic heterocycles. The van der Waals surface area contributed by atoms with Crippen molar-refractivity contribution in [3.05, 3.63) is 22.0 Å². The smallest absolute Gasteiger partial charge is 0.268 e. The van der Waals surface area contributed by atoms with Crippen LogP contribution in [0.1, 0.15) is 18.6 Å². The van der Waals surface area contributed by atoms with Crippen LogP contribution in [-0.4, -0.2) is 24.7 Å². The molecule has 20 heavy (non-hydrogen) atoms. The number of hydrogen-bond acceptors (Lipinski definition) is 7. The fourth-order valence-electron chi connectivity index (χ4n) is 1.59. The second-order valence-corrected chi connectivity index (χ2v) is 7.56. The van der Waals surface area contributed by atoms with Gasteiger partial charge in [0.05, 0.1) is 6.54 Å². The molecule has 3 rings (SSSR count). The van der Waals surface area contributed by atoms with Gasteiger partial charge in [0.1, 0.15) is 16.2 Å². The molecule has 108 valence electrons. The quantitative estimate of drug-likeness (QED) is 0.796. The van der Waals surface area contributed by atoms with Crippen LogP contribution in [0.2, 0.25) is 0 Å². The number of anilines is 1. The molecule has 1 aliphatic carbocycles. The van der Waals surface area contributed by atoms with Gasteiger partial charge in [0.15, 0.2) is 4.67 Å². The molecule has 0 radical (unpaired) electrons. The van der Waals surface area contributed by atoms with Gasteiger partial charge in [-0.15, -0.1) is 10.2 Å². The number of halogens is 1. The first kappa shape index (κ1) is 14.0. The second-order valence-electron chi connectivity index (χ2n) is 4.36. The maximum atomic E-state index is 12.2. The van der Waals surface area contributed by atoms with E-state index in [4.69, 9.17) is 4.42 Å². The Balaban J connectivity index is 1.77. The zero-order chi connectivity index (χ0) is 14.2. The Morgan fingerprint density at radius 2 is 2.30 bits per heavy atom. The highest BCUT2D eigenvalue weighted by Crippen LogP contribution is 2.28. The number of furan rings is 1. The summed E-state index contributed by atoms with van der Waals surface area (Å²) < 4.78 is 32.3. The predicted octanol–water partition coefficient (Wildman–Crippen LogP) is 1.95. The van der Waals surface area contributed by atoms with E-state index in [0.717, 1.165) is 24.2 Å². The summed E-state index contributed by atoms with van der Waals surface area (Å²) in [5.74, 6) is 0.571. The summed E-state index contributed by atoms with van der Waals surface area (Å²) in [6, 6.07) is 2.03. The molecule has 1 fully saturated rings. The van der Waals surface area contributed by atoms with Crippen LogP contribution in [0, 0.1) is 0 Å². The summed E-state index contributed by atoms with van der Waals surface area (Å²) in [7, 11) is -3.73. The zero-order valence-electron chi connectivity index (χ0n) is 10.2. The van der Waals surface area contributed by atoms with Crippen molar-refractivity contribution >= 4 is 42.4 Å². The molecule has 0 unspecified atom stereocenters. The fraction of sp³-hybridized carbons (Fsp3) is 0.400. The van der Waals surface area contributed by atoms with Gasteiger partial charge in [-0.1, -0.05) is 11.3 Å². The average Bonchev–Trinajstić information content (AvgIpc) is 2.93. The van der Waals surface area contributed by atoms with Gasteiger partial charge in [0.2, 0.25) is 5.13 Å². The minimum Gasteiger partial charge on any atom is -0.451 e. The zero-order valence-corrected chi connectivity index (χ0v) is 13.4. The van der Waals surface area contributed by atoms with Gasteiger partial charge in [-0.3, -0.25) is 4.72 Å². The number of sulfonamides is 1. The standard InChI is InChI=1S/C10H11BrN4O3S2/c11-9-8(3-7(18-9)4-12-6-1-2-6)20(16,17)15-10-14-13-5-19-10/h3,5-6,12H,1-2,4H2,(H,14,15). The Kier molecular flexibility index (Phi) is 3.80. The minimum atomic E-state index is -3.73. The van der Waals surface area contributed by atoms with E-state index < -0.39 is 10.0 Å². The fourth-order valence-corrected chi connectivity index (χ4v) is 4.28. The SMILES string of the molecule is O=S(=O)(Nc1nncs1)c1cc(CNC2CC2)oc1Br. The lowest BCUT2D eigenvalue weighted by Gasteiger charge is -2.01. The molecule has 7 nitrogen and oxygen atoms in total. The Hall–Kier alpha value is -0.970. The molecule has 2 aromatic rings. The van der Waals surface area contributed by atoms with Crippen molar-refractivity contribution in [3.63, 3.8) is 0 Å². The lowest BCUT2D eigenvalue weighted by molar-refractivity contribution is 0.460. The van der Waals surface area contributed by atoms with E-state index in [1.54, 1.807) is 0 Å². The van der Waals surface area contributed by atoms with Crippen molar-refractivity contribution in [2.24, 2.45) is 0 Å². The van der Waals surface area contributed by atoms with E-state index in [2.05, 4.69) is 36.2 Å². The Morgan fingerprint density at radius 3 is 2.95 bits per heavy atom. The van der Waals surface area contributed by atoms with Crippen LogP contribution in [0.5, 0.6) is 0 Å². The Morgan fingerprint density at radius 1 is 1.50 bits per heavy atom. The molecular formula is C10H11BrN4O3S2. The van der Waals surface area contributed by atoms with Crippen LogP contribution >= 0.6 is 27.3 Å². The number of hydrogen-bond donors (Lipinski definition) is 2. The molecule has 2 heterocycles. The van der Waals surface area contributed by atoms with E-state index in [0.29, 0.717) is 18.3 Å². The molecule has 10 heteroatoms. The van der Waals surface area contributed by atoms with E-state index >= 15 is 0 Å². The van der Waals surface area contributed by atoms with Gasteiger partial charge < -0.3 is 9.73 Å². The van der Waals surface area contributed by atoms with Crippen LogP contribution in [0.25, 0.3) is 0 Å². The van der Waals surface area contributed by atoms with Crippen LogP contribution < -0.4 is 10.0 Å². The van der Waals surface area contributed by atoms with Crippen molar-refractivity contribution in [1.29, 1.82) is 0 Å². The topological polar surface area (TPSA) is 97.1 Å². The molecule has 2 aromatic heterocycles. The highest BCUT2D eigenvalue weighted by molar-refractivity contribution is 9.10. The monoisotopic (exact) mass is 378 g/mol. The van der Waals surface area contributed by atoms with Crippen LogP contribution in [-0.2, 0) is 16.6 Å². The summed E-state index contributed by atoms with van der Waals surface area (Å²) in [5.41, 5.74) is 1.45. The van der Waals surface area contributed by atoms with Gasteiger partial charge in [-0.25, -0.2) is 8.42 Å². The van der Waals surface area contributed by atoms with E-state index in [9.17, 15) is 8.42 Å². The van der Waals surface area contributed by atoms with Crippen LogP contribution in [0.15, 0.2) is 25.6 Å². The van der Waals surface area contributed by atoms with Gasteiger partial charge in [-0.05, 0) is 28.8 Å². The molecule has 0 atom stereocenters. The lowest BCUT2D eigenvalue weighted by Crippen LogP contribution is -2.15. The maximum Gasteiger partial charge on any atom is 0.268 e. The van der Waals surface area contributed by atoms with E-state index in [1.807, 2.05) is 0 Å².